The Morgan fingerprint density at radius 2 is 2.08 bits per heavy atom. The van der Waals surface area contributed by atoms with Gasteiger partial charge in [0.25, 0.3) is 5.91 Å². The first-order valence-corrected chi connectivity index (χ1v) is 9.42. The van der Waals surface area contributed by atoms with Crippen LogP contribution in [0.3, 0.4) is 0 Å². The van der Waals surface area contributed by atoms with E-state index < -0.39 is 6.10 Å². The topological polar surface area (TPSA) is 66.1 Å². The molecule has 1 fully saturated rings. The lowest BCUT2D eigenvalue weighted by Gasteiger charge is -2.35. The van der Waals surface area contributed by atoms with Gasteiger partial charge in [-0.15, -0.1) is 0 Å². The van der Waals surface area contributed by atoms with Gasteiger partial charge in [-0.2, -0.15) is 0 Å². The maximum Gasteiger partial charge on any atom is 0.262 e. The van der Waals surface area contributed by atoms with Crippen LogP contribution >= 0.6 is 12.2 Å². The summed E-state index contributed by atoms with van der Waals surface area (Å²) in [5.41, 5.74) is 0.887. The molecule has 0 aliphatic carbocycles. The van der Waals surface area contributed by atoms with E-state index in [1.165, 1.54) is 0 Å². The third-order valence-corrected chi connectivity index (χ3v) is 4.95. The molecule has 0 spiro atoms. The second-order valence-electron chi connectivity index (χ2n) is 6.34. The molecule has 3 rings (SSSR count). The van der Waals surface area contributed by atoms with Crippen molar-refractivity contribution in [3.8, 4) is 5.75 Å². The van der Waals surface area contributed by atoms with Gasteiger partial charge in [0.2, 0.25) is 0 Å². The molecule has 2 aliphatic rings. The van der Waals surface area contributed by atoms with E-state index >= 15 is 0 Å². The normalized spacial score (nSPS) is 20.0. The van der Waals surface area contributed by atoms with E-state index in [-0.39, 0.29) is 5.91 Å². The SMILES string of the molecule is CNC(=O)[C@H]1CN(C(=S)NCCCN2CCOCC2)c2ccccc2O1. The van der Waals surface area contributed by atoms with Gasteiger partial charge in [0.1, 0.15) is 5.75 Å². The molecular weight excluding hydrogens is 352 g/mol. The molecule has 0 bridgehead atoms. The molecule has 7 nitrogen and oxygen atoms in total. The number of hydrogen-bond acceptors (Lipinski definition) is 5. The number of anilines is 1. The number of fused-ring (bicyclic) bond motifs is 1. The summed E-state index contributed by atoms with van der Waals surface area (Å²) in [6.07, 6.45) is 0.424. The molecule has 1 amide bonds. The number of amides is 1. The molecule has 2 heterocycles. The minimum atomic E-state index is -0.581. The number of benzene rings is 1. The summed E-state index contributed by atoms with van der Waals surface area (Å²) in [4.78, 5) is 16.4. The predicted molar refractivity (Wildman–Crippen MR) is 105 cm³/mol. The fraction of sp³-hybridized carbons (Fsp3) is 0.556. The number of carbonyl (C=O) groups excluding carboxylic acids is 1. The third-order valence-electron chi connectivity index (χ3n) is 4.59. The number of carbonyl (C=O) groups is 1. The molecule has 142 valence electrons. The molecule has 2 N–H and O–H groups in total. The van der Waals surface area contributed by atoms with Gasteiger partial charge in [-0.05, 0) is 37.3 Å². The van der Waals surface area contributed by atoms with Gasteiger partial charge in [-0.3, -0.25) is 9.69 Å². The summed E-state index contributed by atoms with van der Waals surface area (Å²) < 4.78 is 11.2. The van der Waals surface area contributed by atoms with Crippen molar-refractivity contribution >= 4 is 28.9 Å². The van der Waals surface area contributed by atoms with Gasteiger partial charge >= 0.3 is 0 Å². The molecule has 2 aliphatic heterocycles. The molecular formula is C18H26N4O3S. The van der Waals surface area contributed by atoms with E-state index in [1.54, 1.807) is 7.05 Å². The Morgan fingerprint density at radius 1 is 1.31 bits per heavy atom. The van der Waals surface area contributed by atoms with Crippen LogP contribution in [0.2, 0.25) is 0 Å². The Hall–Kier alpha value is -1.90. The molecule has 0 saturated carbocycles. The molecule has 1 atom stereocenters. The van der Waals surface area contributed by atoms with Crippen LogP contribution in [0.1, 0.15) is 6.42 Å². The lowest BCUT2D eigenvalue weighted by molar-refractivity contribution is -0.127. The fourth-order valence-electron chi connectivity index (χ4n) is 3.14. The Morgan fingerprint density at radius 3 is 2.85 bits per heavy atom. The molecule has 1 aromatic rings. The lowest BCUT2D eigenvalue weighted by atomic mass is 10.2. The molecule has 0 radical (unpaired) electrons. The van der Waals surface area contributed by atoms with Gasteiger partial charge in [0.05, 0.1) is 25.4 Å². The van der Waals surface area contributed by atoms with Crippen LogP contribution in [0.5, 0.6) is 5.75 Å². The van der Waals surface area contributed by atoms with Crippen LogP contribution in [0.4, 0.5) is 5.69 Å². The molecule has 8 heteroatoms. The standard InChI is InChI=1S/C18H26N4O3S/c1-19-17(23)16-13-22(14-5-2-3-6-15(14)25-16)18(26)20-7-4-8-21-9-11-24-12-10-21/h2-3,5-6,16H,4,7-13H2,1H3,(H,19,23)(H,20,26)/t16-/m1/s1. The van der Waals surface area contributed by atoms with E-state index in [0.29, 0.717) is 17.4 Å². The number of rotatable bonds is 5. The van der Waals surface area contributed by atoms with Gasteiger partial charge in [-0.1, -0.05) is 12.1 Å². The van der Waals surface area contributed by atoms with Crippen LogP contribution in [0.25, 0.3) is 0 Å². The van der Waals surface area contributed by atoms with Crippen molar-refractivity contribution in [3.63, 3.8) is 0 Å². The highest BCUT2D eigenvalue weighted by molar-refractivity contribution is 7.80. The van der Waals surface area contributed by atoms with Gasteiger partial charge in [0.15, 0.2) is 11.2 Å². The fourth-order valence-corrected chi connectivity index (χ4v) is 3.42. The summed E-state index contributed by atoms with van der Waals surface area (Å²) in [5.74, 6) is 0.518. The second kappa shape index (κ2) is 9.16. The van der Waals surface area contributed by atoms with Crippen LogP contribution in [0, 0.1) is 0 Å². The van der Waals surface area contributed by atoms with Crippen LogP contribution in [-0.2, 0) is 9.53 Å². The van der Waals surface area contributed by atoms with Crippen molar-refractivity contribution in [1.82, 2.24) is 15.5 Å². The van der Waals surface area contributed by atoms with Crippen molar-refractivity contribution in [2.75, 3.05) is 57.9 Å². The number of nitrogens with one attached hydrogen (secondary N) is 2. The van der Waals surface area contributed by atoms with Gasteiger partial charge in [0, 0.05) is 26.7 Å². The number of nitrogens with zero attached hydrogens (tertiary/aromatic N) is 2. The summed E-state index contributed by atoms with van der Waals surface area (Å²) in [7, 11) is 1.61. The van der Waals surface area contributed by atoms with E-state index in [4.69, 9.17) is 21.7 Å². The van der Waals surface area contributed by atoms with Crippen LogP contribution in [-0.4, -0.2) is 75.0 Å². The molecule has 1 saturated heterocycles. The number of morpholine rings is 1. The van der Waals surface area contributed by atoms with Crippen LogP contribution in [0.15, 0.2) is 24.3 Å². The number of thiocarbonyl (C=S) groups is 1. The number of likely N-dealkylation sites (N-methyl/N-ethyl adjacent to an activating group) is 1. The monoisotopic (exact) mass is 378 g/mol. The highest BCUT2D eigenvalue weighted by Gasteiger charge is 2.31. The highest BCUT2D eigenvalue weighted by atomic mass is 32.1. The highest BCUT2D eigenvalue weighted by Crippen LogP contribution is 2.33. The number of hydrogen-bond donors (Lipinski definition) is 2. The zero-order chi connectivity index (χ0) is 18.4. The average molecular weight is 378 g/mol. The minimum absolute atomic E-state index is 0.153. The summed E-state index contributed by atoms with van der Waals surface area (Å²) in [5, 5.41) is 6.59. The van der Waals surface area contributed by atoms with Crippen molar-refractivity contribution in [3.05, 3.63) is 24.3 Å². The van der Waals surface area contributed by atoms with Crippen molar-refractivity contribution < 1.29 is 14.3 Å². The first kappa shape index (κ1) is 18.9. The first-order valence-electron chi connectivity index (χ1n) is 9.02. The molecule has 26 heavy (non-hydrogen) atoms. The lowest BCUT2D eigenvalue weighted by Crippen LogP contribution is -2.52. The van der Waals surface area contributed by atoms with E-state index in [2.05, 4.69) is 15.5 Å². The third kappa shape index (κ3) is 4.63. The van der Waals surface area contributed by atoms with Crippen molar-refractivity contribution in [1.29, 1.82) is 0 Å². The molecule has 1 aromatic carbocycles. The zero-order valence-electron chi connectivity index (χ0n) is 15.1. The minimum Gasteiger partial charge on any atom is -0.477 e. The van der Waals surface area contributed by atoms with Crippen molar-refractivity contribution in [2.45, 2.75) is 12.5 Å². The quantitative estimate of drug-likeness (QED) is 0.574. The molecule has 0 unspecified atom stereocenters. The van der Waals surface area contributed by atoms with E-state index in [9.17, 15) is 4.79 Å². The summed E-state index contributed by atoms with van der Waals surface area (Å²) in [6, 6.07) is 7.65. The van der Waals surface area contributed by atoms with Crippen LogP contribution < -0.4 is 20.3 Å². The van der Waals surface area contributed by atoms with Gasteiger partial charge < -0.3 is 25.0 Å². The number of ether oxygens (including phenoxy) is 2. The maximum absolute atomic E-state index is 12.0. The van der Waals surface area contributed by atoms with Gasteiger partial charge in [-0.25, -0.2) is 0 Å². The predicted octanol–water partition coefficient (Wildman–Crippen LogP) is 0.597. The Labute approximate surface area is 159 Å². The summed E-state index contributed by atoms with van der Waals surface area (Å²) >= 11 is 5.59. The first-order chi connectivity index (χ1) is 12.7. The van der Waals surface area contributed by atoms with Crippen molar-refractivity contribution in [2.24, 2.45) is 0 Å². The largest absolute Gasteiger partial charge is 0.477 e. The Balaban J connectivity index is 1.55. The molecule has 0 aromatic heterocycles. The smallest absolute Gasteiger partial charge is 0.262 e. The summed E-state index contributed by atoms with van der Waals surface area (Å²) in [6.45, 7) is 5.84. The average Bonchev–Trinajstić information content (AvgIpc) is 2.70. The van der Waals surface area contributed by atoms with E-state index in [0.717, 1.165) is 51.5 Å². The maximum atomic E-state index is 12.0. The number of para-hydroxylation sites is 2. The second-order valence-corrected chi connectivity index (χ2v) is 6.73. The Kier molecular flexibility index (Phi) is 6.65. The zero-order valence-corrected chi connectivity index (χ0v) is 15.9. The van der Waals surface area contributed by atoms with E-state index in [1.807, 2.05) is 29.2 Å². The Bertz CT molecular complexity index is 637.